The number of sulfonamides is 1. The molecule has 0 aliphatic heterocycles. The molecule has 0 unspecified atom stereocenters. The molecule has 0 bridgehead atoms. The standard InChI is InChI=1S/C28H32ClN3O5S/c1-21(28(34)30-17-24-11-7-8-12-26(24)29)32(19-23-13-15-25(37-2)16-14-23)27(33)20-31(38(3,35)36)18-22-9-5-4-6-10-22/h4-16,21H,17-20H2,1-3H3,(H,30,34)/t21-/m1/s1. The molecule has 3 rings (SSSR count). The lowest BCUT2D eigenvalue weighted by molar-refractivity contribution is -0.140. The molecule has 0 saturated carbocycles. The third-order valence-corrected chi connectivity index (χ3v) is 7.64. The van der Waals surface area contributed by atoms with Crippen molar-refractivity contribution in [1.29, 1.82) is 0 Å². The summed E-state index contributed by atoms with van der Waals surface area (Å²) in [5, 5.41) is 3.36. The molecular formula is C28H32ClN3O5S. The molecule has 0 heterocycles. The largest absolute Gasteiger partial charge is 0.497 e. The van der Waals surface area contributed by atoms with Crippen molar-refractivity contribution < 1.29 is 22.7 Å². The summed E-state index contributed by atoms with van der Waals surface area (Å²) in [5.41, 5.74) is 2.26. The number of halogens is 1. The van der Waals surface area contributed by atoms with Crippen molar-refractivity contribution in [2.24, 2.45) is 0 Å². The first kappa shape index (κ1) is 29.2. The molecule has 10 heteroatoms. The second kappa shape index (κ2) is 13.4. The van der Waals surface area contributed by atoms with Gasteiger partial charge in [-0.05, 0) is 41.8 Å². The van der Waals surface area contributed by atoms with E-state index in [-0.39, 0.29) is 25.5 Å². The molecule has 38 heavy (non-hydrogen) atoms. The van der Waals surface area contributed by atoms with Gasteiger partial charge < -0.3 is 15.0 Å². The Labute approximate surface area is 229 Å². The fourth-order valence-corrected chi connectivity index (χ4v) is 4.73. The van der Waals surface area contributed by atoms with E-state index in [1.807, 2.05) is 12.1 Å². The Kier molecular flexibility index (Phi) is 10.3. The molecule has 202 valence electrons. The maximum absolute atomic E-state index is 13.6. The van der Waals surface area contributed by atoms with Crippen LogP contribution in [0.1, 0.15) is 23.6 Å². The van der Waals surface area contributed by atoms with E-state index in [0.717, 1.165) is 27.3 Å². The van der Waals surface area contributed by atoms with Gasteiger partial charge in [0.15, 0.2) is 0 Å². The van der Waals surface area contributed by atoms with Crippen LogP contribution in [0.2, 0.25) is 5.02 Å². The van der Waals surface area contributed by atoms with Gasteiger partial charge in [0, 0.05) is 24.7 Å². The predicted octanol–water partition coefficient (Wildman–Crippen LogP) is 3.84. The number of ether oxygens (including phenoxy) is 1. The van der Waals surface area contributed by atoms with Gasteiger partial charge in [-0.25, -0.2) is 8.42 Å². The lowest BCUT2D eigenvalue weighted by Gasteiger charge is -2.31. The highest BCUT2D eigenvalue weighted by atomic mass is 35.5. The summed E-state index contributed by atoms with van der Waals surface area (Å²) in [6.07, 6.45) is 1.07. The van der Waals surface area contributed by atoms with E-state index in [0.29, 0.717) is 10.8 Å². The zero-order chi connectivity index (χ0) is 27.7. The Morgan fingerprint density at radius 3 is 2.13 bits per heavy atom. The topological polar surface area (TPSA) is 96.0 Å². The normalized spacial score (nSPS) is 12.1. The van der Waals surface area contributed by atoms with Crippen molar-refractivity contribution in [2.75, 3.05) is 19.9 Å². The summed E-state index contributed by atoms with van der Waals surface area (Å²) in [4.78, 5) is 28.1. The van der Waals surface area contributed by atoms with Crippen LogP contribution in [0.15, 0.2) is 78.9 Å². The maximum Gasteiger partial charge on any atom is 0.242 e. The minimum atomic E-state index is -3.72. The van der Waals surface area contributed by atoms with E-state index in [4.69, 9.17) is 16.3 Å². The number of carbonyl (C=O) groups excluding carboxylic acids is 2. The van der Waals surface area contributed by atoms with Crippen LogP contribution in [0, 0.1) is 0 Å². The van der Waals surface area contributed by atoms with Gasteiger partial charge in [0.2, 0.25) is 21.8 Å². The zero-order valence-electron chi connectivity index (χ0n) is 21.6. The first-order chi connectivity index (χ1) is 18.1. The highest BCUT2D eigenvalue weighted by molar-refractivity contribution is 7.88. The average Bonchev–Trinajstić information content (AvgIpc) is 2.90. The first-order valence-electron chi connectivity index (χ1n) is 12.0. The van der Waals surface area contributed by atoms with E-state index in [1.54, 1.807) is 80.8 Å². The number of rotatable bonds is 12. The third kappa shape index (κ3) is 8.31. The number of hydrogen-bond donors (Lipinski definition) is 1. The van der Waals surface area contributed by atoms with Crippen LogP contribution in [0.4, 0.5) is 0 Å². The Balaban J connectivity index is 1.82. The van der Waals surface area contributed by atoms with Crippen LogP contribution in [-0.4, -0.2) is 55.4 Å². The lowest BCUT2D eigenvalue weighted by atomic mass is 10.1. The van der Waals surface area contributed by atoms with Gasteiger partial charge in [-0.2, -0.15) is 4.31 Å². The smallest absolute Gasteiger partial charge is 0.242 e. The second-order valence-corrected chi connectivity index (χ2v) is 11.3. The van der Waals surface area contributed by atoms with Crippen LogP contribution in [0.5, 0.6) is 5.75 Å². The molecule has 0 radical (unpaired) electrons. The van der Waals surface area contributed by atoms with Crippen molar-refractivity contribution in [2.45, 2.75) is 32.6 Å². The lowest BCUT2D eigenvalue weighted by Crippen LogP contribution is -2.50. The highest BCUT2D eigenvalue weighted by Gasteiger charge is 2.30. The van der Waals surface area contributed by atoms with Crippen LogP contribution in [0.3, 0.4) is 0 Å². The van der Waals surface area contributed by atoms with Crippen molar-refractivity contribution in [3.63, 3.8) is 0 Å². The molecule has 0 aliphatic carbocycles. The quantitative estimate of drug-likeness (QED) is 0.365. The fraction of sp³-hybridized carbons (Fsp3) is 0.286. The molecule has 2 amide bonds. The maximum atomic E-state index is 13.6. The fourth-order valence-electron chi connectivity index (χ4n) is 3.80. The number of amides is 2. The van der Waals surface area contributed by atoms with E-state index in [9.17, 15) is 18.0 Å². The Morgan fingerprint density at radius 2 is 1.53 bits per heavy atom. The molecule has 0 aromatic heterocycles. The predicted molar refractivity (Wildman–Crippen MR) is 148 cm³/mol. The number of nitrogens with one attached hydrogen (secondary N) is 1. The highest BCUT2D eigenvalue weighted by Crippen LogP contribution is 2.18. The molecule has 1 atom stereocenters. The molecule has 0 aliphatic rings. The van der Waals surface area contributed by atoms with Crippen molar-refractivity contribution in [3.05, 3.63) is 101 Å². The summed E-state index contributed by atoms with van der Waals surface area (Å²) in [6, 6.07) is 22.4. The van der Waals surface area contributed by atoms with Crippen LogP contribution in [-0.2, 0) is 39.2 Å². The summed E-state index contributed by atoms with van der Waals surface area (Å²) >= 11 is 6.21. The van der Waals surface area contributed by atoms with E-state index in [2.05, 4.69) is 5.32 Å². The summed E-state index contributed by atoms with van der Waals surface area (Å²) in [7, 11) is -2.16. The van der Waals surface area contributed by atoms with Crippen LogP contribution >= 0.6 is 11.6 Å². The van der Waals surface area contributed by atoms with Crippen molar-refractivity contribution in [1.82, 2.24) is 14.5 Å². The third-order valence-electron chi connectivity index (χ3n) is 6.07. The molecular weight excluding hydrogens is 526 g/mol. The number of hydrogen-bond acceptors (Lipinski definition) is 5. The number of methoxy groups -OCH3 is 1. The van der Waals surface area contributed by atoms with Crippen molar-refractivity contribution in [3.8, 4) is 5.75 Å². The minimum Gasteiger partial charge on any atom is -0.497 e. The molecule has 0 fully saturated rings. The number of benzene rings is 3. The van der Waals surface area contributed by atoms with Crippen LogP contribution in [0.25, 0.3) is 0 Å². The van der Waals surface area contributed by atoms with Gasteiger partial charge in [-0.3, -0.25) is 9.59 Å². The van der Waals surface area contributed by atoms with Crippen LogP contribution < -0.4 is 10.1 Å². The number of carbonyl (C=O) groups is 2. The van der Waals surface area contributed by atoms with Gasteiger partial charge in [0.1, 0.15) is 11.8 Å². The minimum absolute atomic E-state index is 0.0366. The van der Waals surface area contributed by atoms with Crippen molar-refractivity contribution >= 4 is 33.4 Å². The molecule has 0 saturated heterocycles. The SMILES string of the molecule is COc1ccc(CN(C(=O)CN(Cc2ccccc2)S(C)(=O)=O)[C@H](C)C(=O)NCc2ccccc2Cl)cc1. The Hall–Kier alpha value is -3.40. The molecule has 1 N–H and O–H groups in total. The summed E-state index contributed by atoms with van der Waals surface area (Å²) in [6.45, 7) is 1.54. The van der Waals surface area contributed by atoms with E-state index >= 15 is 0 Å². The van der Waals surface area contributed by atoms with E-state index < -0.39 is 28.5 Å². The number of nitrogens with zero attached hydrogens (tertiary/aromatic N) is 2. The van der Waals surface area contributed by atoms with Gasteiger partial charge in [-0.15, -0.1) is 0 Å². The average molecular weight is 558 g/mol. The Bertz CT molecular complexity index is 1330. The van der Waals surface area contributed by atoms with E-state index in [1.165, 1.54) is 4.90 Å². The second-order valence-electron chi connectivity index (χ2n) is 8.87. The van der Waals surface area contributed by atoms with Gasteiger partial charge >= 0.3 is 0 Å². The van der Waals surface area contributed by atoms with Gasteiger partial charge in [0.05, 0.1) is 19.9 Å². The summed E-state index contributed by atoms with van der Waals surface area (Å²) in [5.74, 6) is -0.230. The monoisotopic (exact) mass is 557 g/mol. The summed E-state index contributed by atoms with van der Waals surface area (Å²) < 4.78 is 31.5. The Morgan fingerprint density at radius 1 is 0.921 bits per heavy atom. The molecule has 3 aromatic carbocycles. The molecule has 8 nitrogen and oxygen atoms in total. The molecule has 0 spiro atoms. The van der Waals surface area contributed by atoms with Gasteiger partial charge in [0.25, 0.3) is 0 Å². The van der Waals surface area contributed by atoms with Gasteiger partial charge in [-0.1, -0.05) is 72.3 Å². The first-order valence-corrected chi connectivity index (χ1v) is 14.2. The zero-order valence-corrected chi connectivity index (χ0v) is 23.2. The molecule has 3 aromatic rings.